The highest BCUT2D eigenvalue weighted by atomic mass is 14.6. The van der Waals surface area contributed by atoms with Crippen LogP contribution in [0.4, 0.5) is 0 Å². The first-order valence-corrected chi connectivity index (χ1v) is 9.59. The van der Waals surface area contributed by atoms with Crippen LogP contribution in [0.15, 0.2) is 36.5 Å². The van der Waals surface area contributed by atoms with Gasteiger partial charge in [-0.05, 0) is 92.8 Å². The second-order valence-corrected chi connectivity index (χ2v) is 8.78. The second-order valence-electron chi connectivity index (χ2n) is 8.78. The largest absolute Gasteiger partial charge is 0.0999 e. The Hall–Kier alpha value is -0.780. The Balaban J connectivity index is 1.67. The average Bonchev–Trinajstić information content (AvgIpc) is 2.84. The predicted molar refractivity (Wildman–Crippen MR) is 94.5 cm³/mol. The van der Waals surface area contributed by atoms with Crippen molar-refractivity contribution in [3.63, 3.8) is 0 Å². The van der Waals surface area contributed by atoms with Gasteiger partial charge in [0.15, 0.2) is 0 Å². The van der Waals surface area contributed by atoms with Crippen LogP contribution in [0.1, 0.15) is 64.7 Å². The van der Waals surface area contributed by atoms with Crippen molar-refractivity contribution in [1.82, 2.24) is 0 Å². The highest BCUT2D eigenvalue weighted by molar-refractivity contribution is 5.29. The van der Waals surface area contributed by atoms with Gasteiger partial charge in [0.25, 0.3) is 0 Å². The third-order valence-electron chi connectivity index (χ3n) is 8.11. The summed E-state index contributed by atoms with van der Waals surface area (Å²) in [6.07, 6.45) is 12.1. The van der Waals surface area contributed by atoms with Gasteiger partial charge in [0.2, 0.25) is 0 Å². The van der Waals surface area contributed by atoms with Crippen LogP contribution in [0.25, 0.3) is 0 Å². The maximum absolute atomic E-state index is 4.63. The lowest BCUT2D eigenvalue weighted by Crippen LogP contribution is -2.48. The van der Waals surface area contributed by atoms with E-state index < -0.39 is 0 Å². The molecule has 4 aliphatic carbocycles. The summed E-state index contributed by atoms with van der Waals surface area (Å²) in [4.78, 5) is 0. The summed E-state index contributed by atoms with van der Waals surface area (Å²) >= 11 is 0. The molecule has 0 nitrogen and oxygen atoms in total. The maximum Gasteiger partial charge on any atom is -0.00251 e. The molecule has 0 N–H and O–H groups in total. The third-order valence-corrected chi connectivity index (χ3v) is 8.11. The fraction of sp³-hybridized carbons (Fsp3) is 0.727. The van der Waals surface area contributed by atoms with Gasteiger partial charge in [-0.2, -0.15) is 0 Å². The average molecular weight is 296 g/mol. The minimum atomic E-state index is 0.420. The molecule has 0 heterocycles. The number of hydrogen-bond acceptors (Lipinski definition) is 0. The molecule has 0 aromatic rings. The molecule has 0 aliphatic heterocycles. The summed E-state index contributed by atoms with van der Waals surface area (Å²) in [5, 5.41) is 0. The van der Waals surface area contributed by atoms with Crippen LogP contribution in [0.2, 0.25) is 0 Å². The van der Waals surface area contributed by atoms with Crippen LogP contribution in [-0.4, -0.2) is 0 Å². The number of hydrogen-bond donors (Lipinski definition) is 0. The molecule has 22 heavy (non-hydrogen) atoms. The summed E-state index contributed by atoms with van der Waals surface area (Å²) < 4.78 is 0. The lowest BCUT2D eigenvalue weighted by Gasteiger charge is -2.56. The molecule has 4 aliphatic rings. The van der Waals surface area contributed by atoms with Crippen LogP contribution in [0.5, 0.6) is 0 Å². The van der Waals surface area contributed by atoms with Gasteiger partial charge < -0.3 is 0 Å². The first-order valence-electron chi connectivity index (χ1n) is 9.59. The molecule has 4 rings (SSSR count). The zero-order chi connectivity index (χ0) is 15.5. The second kappa shape index (κ2) is 5.11. The molecule has 0 amide bonds. The molecule has 4 saturated carbocycles. The quantitative estimate of drug-likeness (QED) is 0.497. The summed E-state index contributed by atoms with van der Waals surface area (Å²) in [5.74, 6) is 4.47. The SMILES string of the molecule is C=C1CCC2C(CCC3C2C(=C)CC2(CC)C(=C)CCC32)C1. The van der Waals surface area contributed by atoms with Crippen LogP contribution >= 0.6 is 0 Å². The molecule has 0 spiro atoms. The highest BCUT2D eigenvalue weighted by Gasteiger charge is 2.56. The first-order chi connectivity index (χ1) is 10.6. The van der Waals surface area contributed by atoms with Crippen molar-refractivity contribution in [2.45, 2.75) is 64.7 Å². The monoisotopic (exact) mass is 296 g/mol. The molecule has 0 bridgehead atoms. The Kier molecular flexibility index (Phi) is 3.44. The van der Waals surface area contributed by atoms with Gasteiger partial charge in [0.05, 0.1) is 0 Å². The Labute approximate surface area is 136 Å². The Morgan fingerprint density at radius 2 is 1.82 bits per heavy atom. The van der Waals surface area contributed by atoms with Crippen molar-refractivity contribution in [2.75, 3.05) is 0 Å². The minimum Gasteiger partial charge on any atom is -0.0999 e. The maximum atomic E-state index is 4.63. The van der Waals surface area contributed by atoms with Crippen LogP contribution in [0.3, 0.4) is 0 Å². The molecule has 0 radical (unpaired) electrons. The molecule has 0 heteroatoms. The van der Waals surface area contributed by atoms with Gasteiger partial charge in [0, 0.05) is 0 Å². The van der Waals surface area contributed by atoms with Crippen molar-refractivity contribution in [3.05, 3.63) is 36.5 Å². The molecule has 0 aromatic carbocycles. The molecule has 6 unspecified atom stereocenters. The predicted octanol–water partition coefficient (Wildman–Crippen LogP) is 6.31. The van der Waals surface area contributed by atoms with Crippen molar-refractivity contribution >= 4 is 0 Å². The van der Waals surface area contributed by atoms with Gasteiger partial charge in [-0.1, -0.05) is 43.4 Å². The zero-order valence-electron chi connectivity index (χ0n) is 14.4. The normalized spacial score (nSPS) is 47.9. The van der Waals surface area contributed by atoms with E-state index in [-0.39, 0.29) is 0 Å². The van der Waals surface area contributed by atoms with E-state index in [0.717, 1.165) is 29.6 Å². The summed E-state index contributed by atoms with van der Waals surface area (Å²) in [6, 6.07) is 0. The van der Waals surface area contributed by atoms with Crippen molar-refractivity contribution < 1.29 is 0 Å². The van der Waals surface area contributed by atoms with Gasteiger partial charge in [-0.15, -0.1) is 0 Å². The fourth-order valence-corrected chi connectivity index (χ4v) is 7.14. The van der Waals surface area contributed by atoms with E-state index in [4.69, 9.17) is 0 Å². The molecule has 0 aromatic heterocycles. The standard InChI is InChI=1S/C22H32/c1-5-22-13-15(3)21-18-9-6-14(2)12-17(18)8-10-19(21)20(22)11-7-16(22)4/h17-21H,2-13H2,1H3. The van der Waals surface area contributed by atoms with E-state index in [1.807, 2.05) is 0 Å². The minimum absolute atomic E-state index is 0.420. The van der Waals surface area contributed by atoms with Crippen LogP contribution in [-0.2, 0) is 0 Å². The van der Waals surface area contributed by atoms with Crippen LogP contribution < -0.4 is 0 Å². The number of allylic oxidation sites excluding steroid dienone is 3. The fourth-order valence-electron chi connectivity index (χ4n) is 7.14. The lowest BCUT2D eigenvalue weighted by molar-refractivity contribution is -0.00719. The lowest BCUT2D eigenvalue weighted by atomic mass is 9.48. The molecule has 0 saturated heterocycles. The topological polar surface area (TPSA) is 0 Å². The van der Waals surface area contributed by atoms with Crippen molar-refractivity contribution in [3.8, 4) is 0 Å². The van der Waals surface area contributed by atoms with Crippen LogP contribution in [0, 0.1) is 35.0 Å². The van der Waals surface area contributed by atoms with E-state index in [1.165, 1.54) is 63.4 Å². The molecule has 6 atom stereocenters. The smallest absolute Gasteiger partial charge is 0.00251 e. The summed E-state index contributed by atoms with van der Waals surface area (Å²) in [7, 11) is 0. The Morgan fingerprint density at radius 3 is 2.59 bits per heavy atom. The summed E-state index contributed by atoms with van der Waals surface area (Å²) in [6.45, 7) is 15.8. The Morgan fingerprint density at radius 1 is 1.00 bits per heavy atom. The van der Waals surface area contributed by atoms with E-state index in [9.17, 15) is 0 Å². The van der Waals surface area contributed by atoms with E-state index in [0.29, 0.717) is 5.41 Å². The van der Waals surface area contributed by atoms with Gasteiger partial charge in [-0.25, -0.2) is 0 Å². The van der Waals surface area contributed by atoms with Gasteiger partial charge >= 0.3 is 0 Å². The van der Waals surface area contributed by atoms with Crippen molar-refractivity contribution in [2.24, 2.45) is 35.0 Å². The third kappa shape index (κ3) is 1.88. The highest BCUT2D eigenvalue weighted by Crippen LogP contribution is 2.66. The van der Waals surface area contributed by atoms with Crippen molar-refractivity contribution in [1.29, 1.82) is 0 Å². The van der Waals surface area contributed by atoms with Gasteiger partial charge in [0.1, 0.15) is 0 Å². The number of rotatable bonds is 1. The van der Waals surface area contributed by atoms with E-state index in [1.54, 1.807) is 11.1 Å². The first kappa shape index (κ1) is 14.8. The zero-order valence-corrected chi connectivity index (χ0v) is 14.4. The van der Waals surface area contributed by atoms with E-state index in [2.05, 4.69) is 26.7 Å². The van der Waals surface area contributed by atoms with E-state index >= 15 is 0 Å². The molecule has 120 valence electrons. The molecular weight excluding hydrogens is 264 g/mol. The van der Waals surface area contributed by atoms with Gasteiger partial charge in [-0.3, -0.25) is 0 Å². The molecular formula is C22H32. The summed E-state index contributed by atoms with van der Waals surface area (Å²) in [5.41, 5.74) is 5.08. The molecule has 4 fully saturated rings. The Bertz CT molecular complexity index is 524. The number of fused-ring (bicyclic) bond motifs is 5.